The van der Waals surface area contributed by atoms with Crippen molar-refractivity contribution in [2.45, 2.75) is 25.8 Å². The largest absolute Gasteiger partial charge is 0.361 e. The summed E-state index contributed by atoms with van der Waals surface area (Å²) in [5.41, 5.74) is 4.18. The molecule has 2 amide bonds. The lowest BCUT2D eigenvalue weighted by molar-refractivity contribution is -0.126. The Kier molecular flexibility index (Phi) is 4.21. The number of nitrogens with one attached hydrogen (secondary N) is 2. The van der Waals surface area contributed by atoms with Gasteiger partial charge < -0.3 is 15.2 Å². The van der Waals surface area contributed by atoms with Gasteiger partial charge >= 0.3 is 0 Å². The molecule has 4 rings (SSSR count). The first-order chi connectivity index (χ1) is 12.6. The first-order valence-electron chi connectivity index (χ1n) is 8.85. The van der Waals surface area contributed by atoms with E-state index in [-0.39, 0.29) is 11.8 Å². The summed E-state index contributed by atoms with van der Waals surface area (Å²) < 4.78 is 0. The molecule has 0 aliphatic carbocycles. The predicted molar refractivity (Wildman–Crippen MR) is 102 cm³/mol. The van der Waals surface area contributed by atoms with Gasteiger partial charge in [-0.05, 0) is 29.7 Å². The summed E-state index contributed by atoms with van der Waals surface area (Å²) >= 11 is 0. The number of amides is 2. The van der Waals surface area contributed by atoms with Crippen LogP contribution in [0.1, 0.15) is 18.1 Å². The highest BCUT2D eigenvalue weighted by molar-refractivity contribution is 6.01. The van der Waals surface area contributed by atoms with Gasteiger partial charge in [0.15, 0.2) is 0 Å². The van der Waals surface area contributed by atoms with Gasteiger partial charge in [0.25, 0.3) is 0 Å². The minimum Gasteiger partial charge on any atom is -0.361 e. The van der Waals surface area contributed by atoms with Gasteiger partial charge in [-0.25, -0.2) is 0 Å². The van der Waals surface area contributed by atoms with Gasteiger partial charge in [-0.2, -0.15) is 0 Å². The van der Waals surface area contributed by atoms with Crippen LogP contribution in [-0.2, 0) is 22.4 Å². The maximum absolute atomic E-state index is 13.2. The number of nitrogens with zero attached hydrogens (tertiary/aromatic N) is 1. The van der Waals surface area contributed by atoms with Crippen molar-refractivity contribution in [1.82, 2.24) is 10.3 Å². The second kappa shape index (κ2) is 6.67. The average Bonchev–Trinajstić information content (AvgIpc) is 3.25. The van der Waals surface area contributed by atoms with E-state index < -0.39 is 6.04 Å². The van der Waals surface area contributed by atoms with E-state index in [1.165, 1.54) is 12.5 Å². The fraction of sp³-hybridized carbons (Fsp3) is 0.238. The quantitative estimate of drug-likeness (QED) is 0.762. The van der Waals surface area contributed by atoms with Gasteiger partial charge in [-0.1, -0.05) is 36.4 Å². The van der Waals surface area contributed by atoms with Gasteiger partial charge in [0.1, 0.15) is 6.04 Å². The van der Waals surface area contributed by atoms with Crippen molar-refractivity contribution >= 4 is 28.4 Å². The van der Waals surface area contributed by atoms with Crippen molar-refractivity contribution in [1.29, 1.82) is 0 Å². The number of benzene rings is 2. The van der Waals surface area contributed by atoms with Crippen LogP contribution in [-0.4, -0.2) is 29.4 Å². The molecule has 2 aromatic carbocycles. The molecule has 0 bridgehead atoms. The summed E-state index contributed by atoms with van der Waals surface area (Å²) in [6.45, 7) is 2.11. The number of hydrogen-bond donors (Lipinski definition) is 2. The second-order valence-electron chi connectivity index (χ2n) is 6.69. The van der Waals surface area contributed by atoms with Gasteiger partial charge in [0, 0.05) is 42.7 Å². The second-order valence-corrected chi connectivity index (χ2v) is 6.69. The molecule has 0 spiro atoms. The minimum atomic E-state index is -0.585. The van der Waals surface area contributed by atoms with Crippen LogP contribution in [0, 0.1) is 0 Å². The number of anilines is 1. The van der Waals surface area contributed by atoms with E-state index in [9.17, 15) is 9.59 Å². The number of fused-ring (bicyclic) bond motifs is 2. The topological polar surface area (TPSA) is 65.2 Å². The Bertz CT molecular complexity index is 976. The standard InChI is InChI=1S/C21H21N3O2/c1-14(25)23-19(12-16-13-22-18-8-4-3-7-17(16)18)21(26)24-11-10-15-6-2-5-9-20(15)24/h2-9,13,19,22H,10-12H2,1H3,(H,23,25)/t19-/m1/s1. The molecule has 0 saturated carbocycles. The summed E-state index contributed by atoms with van der Waals surface area (Å²) in [5.74, 6) is -0.258. The molecule has 2 heterocycles. The number of hydrogen-bond acceptors (Lipinski definition) is 2. The first-order valence-corrected chi connectivity index (χ1v) is 8.85. The van der Waals surface area contributed by atoms with Crippen LogP contribution in [0.25, 0.3) is 10.9 Å². The summed E-state index contributed by atoms with van der Waals surface area (Å²) in [4.78, 5) is 30.0. The summed E-state index contributed by atoms with van der Waals surface area (Å²) in [5, 5.41) is 3.93. The molecular weight excluding hydrogens is 326 g/mol. The van der Waals surface area contributed by atoms with Crippen molar-refractivity contribution in [3.63, 3.8) is 0 Å². The molecule has 0 saturated heterocycles. The lowest BCUT2D eigenvalue weighted by Crippen LogP contribution is -2.49. The maximum Gasteiger partial charge on any atom is 0.249 e. The Balaban J connectivity index is 1.63. The number of carbonyl (C=O) groups excluding carboxylic acids is 2. The normalized spacial score (nSPS) is 14.3. The molecule has 1 aromatic heterocycles. The smallest absolute Gasteiger partial charge is 0.249 e. The van der Waals surface area contributed by atoms with E-state index >= 15 is 0 Å². The molecule has 2 N–H and O–H groups in total. The molecule has 0 radical (unpaired) electrons. The molecule has 1 aliphatic heterocycles. The van der Waals surface area contributed by atoms with Crippen LogP contribution in [0.4, 0.5) is 5.69 Å². The third kappa shape index (κ3) is 2.96. The highest BCUT2D eigenvalue weighted by Crippen LogP contribution is 2.28. The summed E-state index contributed by atoms with van der Waals surface area (Å²) in [6, 6.07) is 15.4. The number of aromatic nitrogens is 1. The fourth-order valence-electron chi connectivity index (χ4n) is 3.72. The molecule has 1 aliphatic rings. The Morgan fingerprint density at radius 1 is 1.15 bits per heavy atom. The van der Waals surface area contributed by atoms with E-state index in [2.05, 4.69) is 16.4 Å². The third-order valence-corrected chi connectivity index (χ3v) is 4.93. The number of H-pyrrole nitrogens is 1. The molecule has 5 nitrogen and oxygen atoms in total. The predicted octanol–water partition coefficient (Wildman–Crippen LogP) is 2.80. The van der Waals surface area contributed by atoms with Crippen molar-refractivity contribution in [2.75, 3.05) is 11.4 Å². The number of para-hydroxylation sites is 2. The van der Waals surface area contributed by atoms with Gasteiger partial charge in [-0.15, -0.1) is 0 Å². The number of aromatic amines is 1. The highest BCUT2D eigenvalue weighted by Gasteiger charge is 2.31. The first kappa shape index (κ1) is 16.4. The van der Waals surface area contributed by atoms with Crippen LogP contribution in [0.5, 0.6) is 0 Å². The van der Waals surface area contributed by atoms with Crippen LogP contribution in [0.15, 0.2) is 54.7 Å². The molecule has 5 heteroatoms. The zero-order valence-corrected chi connectivity index (χ0v) is 14.7. The van der Waals surface area contributed by atoms with Gasteiger partial charge in [0.2, 0.25) is 11.8 Å². The van der Waals surface area contributed by atoms with Crippen LogP contribution in [0.3, 0.4) is 0 Å². The fourth-order valence-corrected chi connectivity index (χ4v) is 3.72. The van der Waals surface area contributed by atoms with Crippen molar-refractivity contribution in [3.8, 4) is 0 Å². The van der Waals surface area contributed by atoms with Crippen LogP contribution >= 0.6 is 0 Å². The Morgan fingerprint density at radius 2 is 1.92 bits per heavy atom. The van der Waals surface area contributed by atoms with Crippen LogP contribution < -0.4 is 10.2 Å². The SMILES string of the molecule is CC(=O)N[C@H](Cc1c[nH]c2ccccc12)C(=O)N1CCc2ccccc21. The Hall–Kier alpha value is -3.08. The molecule has 26 heavy (non-hydrogen) atoms. The lowest BCUT2D eigenvalue weighted by Gasteiger charge is -2.24. The van der Waals surface area contributed by atoms with Crippen molar-refractivity contribution < 1.29 is 9.59 Å². The maximum atomic E-state index is 13.2. The van der Waals surface area contributed by atoms with Crippen LogP contribution in [0.2, 0.25) is 0 Å². The molecular formula is C21H21N3O2. The van der Waals surface area contributed by atoms with E-state index in [0.717, 1.165) is 28.6 Å². The van der Waals surface area contributed by atoms with Crippen molar-refractivity contribution in [2.24, 2.45) is 0 Å². The van der Waals surface area contributed by atoms with E-state index in [1.807, 2.05) is 48.7 Å². The monoisotopic (exact) mass is 347 g/mol. The molecule has 3 aromatic rings. The zero-order valence-electron chi connectivity index (χ0n) is 14.7. The average molecular weight is 347 g/mol. The molecule has 0 fully saturated rings. The summed E-state index contributed by atoms with van der Waals surface area (Å²) in [6.07, 6.45) is 3.23. The number of rotatable bonds is 4. The minimum absolute atomic E-state index is 0.0598. The van der Waals surface area contributed by atoms with E-state index in [1.54, 1.807) is 4.90 Å². The van der Waals surface area contributed by atoms with Gasteiger partial charge in [-0.3, -0.25) is 9.59 Å². The highest BCUT2D eigenvalue weighted by atomic mass is 16.2. The Labute approximate surface area is 152 Å². The summed E-state index contributed by atoms with van der Waals surface area (Å²) in [7, 11) is 0. The van der Waals surface area contributed by atoms with Crippen molar-refractivity contribution in [3.05, 3.63) is 65.9 Å². The van der Waals surface area contributed by atoms with Gasteiger partial charge in [0.05, 0.1) is 0 Å². The molecule has 0 unspecified atom stereocenters. The third-order valence-electron chi connectivity index (χ3n) is 4.93. The molecule has 1 atom stereocenters. The Morgan fingerprint density at radius 3 is 2.77 bits per heavy atom. The molecule has 132 valence electrons. The van der Waals surface area contributed by atoms with E-state index in [4.69, 9.17) is 0 Å². The van der Waals surface area contributed by atoms with E-state index in [0.29, 0.717) is 13.0 Å². The lowest BCUT2D eigenvalue weighted by atomic mass is 10.0. The zero-order chi connectivity index (χ0) is 18.1. The number of carbonyl (C=O) groups is 2.